The molecule has 0 aromatic heterocycles. The number of rotatable bonds is 6. The Hall–Kier alpha value is -1.10. The van der Waals surface area contributed by atoms with Crippen LogP contribution in [0.5, 0.6) is 0 Å². The molecule has 5 heteroatoms. The van der Waals surface area contributed by atoms with E-state index in [1.807, 2.05) is 13.8 Å². The van der Waals surface area contributed by atoms with Gasteiger partial charge < -0.3 is 15.5 Å². The number of carbonyl (C=O) groups excluding carboxylic acids is 1. The van der Waals surface area contributed by atoms with Crippen LogP contribution in [0.25, 0.3) is 0 Å². The van der Waals surface area contributed by atoms with Crippen molar-refractivity contribution in [2.24, 2.45) is 5.92 Å². The fourth-order valence-corrected chi connectivity index (χ4v) is 1.15. The first kappa shape index (κ1) is 13.9. The van der Waals surface area contributed by atoms with Crippen molar-refractivity contribution in [3.05, 3.63) is 0 Å². The van der Waals surface area contributed by atoms with Crippen LogP contribution < -0.4 is 5.32 Å². The van der Waals surface area contributed by atoms with Crippen molar-refractivity contribution in [3.8, 4) is 0 Å². The van der Waals surface area contributed by atoms with Gasteiger partial charge >= 0.3 is 5.97 Å². The molecular weight excluding hydrogens is 198 g/mol. The average molecular weight is 217 g/mol. The summed E-state index contributed by atoms with van der Waals surface area (Å²) < 4.78 is 0. The average Bonchev–Trinajstić information content (AvgIpc) is 2.14. The largest absolute Gasteiger partial charge is 0.480 e. The molecule has 0 bridgehead atoms. The smallest absolute Gasteiger partial charge is 0.326 e. The second-order valence-electron chi connectivity index (χ2n) is 3.95. The molecule has 5 nitrogen and oxygen atoms in total. The molecule has 88 valence electrons. The van der Waals surface area contributed by atoms with E-state index >= 15 is 0 Å². The predicted octanol–water partition coefficient (Wildman–Crippen LogP) is 0.373. The second kappa shape index (κ2) is 6.40. The van der Waals surface area contributed by atoms with Gasteiger partial charge in [0.05, 0.1) is 0 Å². The zero-order chi connectivity index (χ0) is 12.0. The van der Waals surface area contributed by atoms with Gasteiger partial charge in [-0.05, 0) is 18.8 Å². The molecule has 0 fully saturated rings. The zero-order valence-electron chi connectivity index (χ0n) is 9.36. The summed E-state index contributed by atoms with van der Waals surface area (Å²) in [4.78, 5) is 22.0. The number of carbonyl (C=O) groups is 2. The van der Waals surface area contributed by atoms with Crippen molar-refractivity contribution in [2.75, 3.05) is 0 Å². The van der Waals surface area contributed by atoms with E-state index in [1.54, 1.807) is 6.92 Å². The molecule has 0 heterocycles. The summed E-state index contributed by atoms with van der Waals surface area (Å²) in [5.41, 5.74) is 0. The molecule has 0 saturated heterocycles. The highest BCUT2D eigenvalue weighted by molar-refractivity contribution is 5.86. The molecule has 2 atom stereocenters. The van der Waals surface area contributed by atoms with E-state index in [-0.39, 0.29) is 12.3 Å². The van der Waals surface area contributed by atoms with Gasteiger partial charge in [0.25, 0.3) is 0 Å². The summed E-state index contributed by atoms with van der Waals surface area (Å²) in [7, 11) is 0. The summed E-state index contributed by atoms with van der Waals surface area (Å²) in [6, 6.07) is -0.918. The van der Waals surface area contributed by atoms with Gasteiger partial charge in [-0.25, -0.2) is 4.79 Å². The highest BCUT2D eigenvalue weighted by Crippen LogP contribution is 2.05. The van der Waals surface area contributed by atoms with Crippen LogP contribution in [0.15, 0.2) is 0 Å². The van der Waals surface area contributed by atoms with Crippen LogP contribution in [0.2, 0.25) is 0 Å². The normalized spacial score (nSPS) is 14.7. The summed E-state index contributed by atoms with van der Waals surface area (Å²) in [6.45, 7) is 5.40. The number of hydrogen-bond donors (Lipinski definition) is 3. The van der Waals surface area contributed by atoms with E-state index in [0.29, 0.717) is 6.42 Å². The molecule has 0 aromatic carbocycles. The highest BCUT2D eigenvalue weighted by Gasteiger charge is 2.23. The van der Waals surface area contributed by atoms with Crippen LogP contribution in [0.4, 0.5) is 0 Å². The van der Waals surface area contributed by atoms with Crippen molar-refractivity contribution in [1.29, 1.82) is 0 Å². The number of aliphatic carboxylic acids is 1. The third kappa shape index (κ3) is 5.37. The van der Waals surface area contributed by atoms with Gasteiger partial charge in [0.1, 0.15) is 12.1 Å². The zero-order valence-corrected chi connectivity index (χ0v) is 9.36. The minimum atomic E-state index is -1.13. The number of carboxylic acids is 1. The topological polar surface area (TPSA) is 86.6 Å². The molecule has 0 spiro atoms. The Morgan fingerprint density at radius 2 is 1.87 bits per heavy atom. The molecule has 0 aliphatic heterocycles. The number of nitrogens with one attached hydrogen (secondary N) is 1. The Morgan fingerprint density at radius 1 is 1.33 bits per heavy atom. The van der Waals surface area contributed by atoms with E-state index in [9.17, 15) is 14.7 Å². The molecule has 0 aromatic rings. The Kier molecular flexibility index (Phi) is 5.93. The quantitative estimate of drug-likeness (QED) is 0.600. The molecule has 0 rings (SSSR count). The Morgan fingerprint density at radius 3 is 2.20 bits per heavy atom. The third-order valence-electron chi connectivity index (χ3n) is 2.01. The SMILES string of the molecule is CCC(O)C(=O)N[C@@H](CC(C)C)C(=O)O. The first-order valence-corrected chi connectivity index (χ1v) is 5.09. The minimum Gasteiger partial charge on any atom is -0.480 e. The van der Waals surface area contributed by atoms with E-state index < -0.39 is 24.0 Å². The molecule has 0 saturated carbocycles. The van der Waals surface area contributed by atoms with Gasteiger partial charge in [-0.15, -0.1) is 0 Å². The first-order valence-electron chi connectivity index (χ1n) is 5.09. The Balaban J connectivity index is 4.29. The molecule has 0 radical (unpaired) electrons. The Bertz CT molecular complexity index is 227. The second-order valence-corrected chi connectivity index (χ2v) is 3.95. The maximum atomic E-state index is 11.2. The maximum Gasteiger partial charge on any atom is 0.326 e. The van der Waals surface area contributed by atoms with Crippen molar-refractivity contribution < 1.29 is 19.8 Å². The van der Waals surface area contributed by atoms with Crippen molar-refractivity contribution >= 4 is 11.9 Å². The van der Waals surface area contributed by atoms with Crippen molar-refractivity contribution in [3.63, 3.8) is 0 Å². The molecule has 1 unspecified atom stereocenters. The van der Waals surface area contributed by atoms with Crippen LogP contribution in [0.3, 0.4) is 0 Å². The third-order valence-corrected chi connectivity index (χ3v) is 2.01. The van der Waals surface area contributed by atoms with E-state index in [2.05, 4.69) is 5.32 Å². The minimum absolute atomic E-state index is 0.171. The lowest BCUT2D eigenvalue weighted by Crippen LogP contribution is -2.45. The fourth-order valence-electron chi connectivity index (χ4n) is 1.15. The predicted molar refractivity (Wildman–Crippen MR) is 55.3 cm³/mol. The molecular formula is C10H19NO4. The Labute approximate surface area is 89.5 Å². The maximum absolute atomic E-state index is 11.2. The van der Waals surface area contributed by atoms with Crippen LogP contribution in [0.1, 0.15) is 33.6 Å². The van der Waals surface area contributed by atoms with Gasteiger partial charge in [-0.3, -0.25) is 4.79 Å². The summed E-state index contributed by atoms with van der Waals surface area (Å²) in [6.07, 6.45) is -0.490. The van der Waals surface area contributed by atoms with Gasteiger partial charge in [-0.2, -0.15) is 0 Å². The van der Waals surface area contributed by atoms with E-state index in [1.165, 1.54) is 0 Å². The molecule has 1 amide bonds. The standard InChI is InChI=1S/C10H19NO4/c1-4-8(12)9(13)11-7(10(14)15)5-6(2)3/h6-8,12H,4-5H2,1-3H3,(H,11,13)(H,14,15)/t7-,8?/m0/s1. The summed E-state index contributed by atoms with van der Waals surface area (Å²) in [5, 5.41) is 20.3. The lowest BCUT2D eigenvalue weighted by atomic mass is 10.0. The lowest BCUT2D eigenvalue weighted by molar-refractivity contribution is -0.143. The molecule has 15 heavy (non-hydrogen) atoms. The van der Waals surface area contributed by atoms with Gasteiger partial charge in [0.2, 0.25) is 5.91 Å². The number of aliphatic hydroxyl groups is 1. The highest BCUT2D eigenvalue weighted by atomic mass is 16.4. The lowest BCUT2D eigenvalue weighted by Gasteiger charge is -2.18. The number of amides is 1. The summed E-state index contributed by atoms with van der Waals surface area (Å²) in [5.74, 6) is -1.52. The van der Waals surface area contributed by atoms with Crippen LogP contribution in [0, 0.1) is 5.92 Å². The van der Waals surface area contributed by atoms with Crippen LogP contribution in [-0.4, -0.2) is 34.2 Å². The van der Waals surface area contributed by atoms with Gasteiger partial charge in [0, 0.05) is 0 Å². The van der Waals surface area contributed by atoms with E-state index in [4.69, 9.17) is 5.11 Å². The number of aliphatic hydroxyl groups excluding tert-OH is 1. The molecule has 0 aliphatic rings. The van der Waals surface area contributed by atoms with Crippen LogP contribution in [-0.2, 0) is 9.59 Å². The van der Waals surface area contributed by atoms with Gasteiger partial charge in [0.15, 0.2) is 0 Å². The summed E-state index contributed by atoms with van der Waals surface area (Å²) >= 11 is 0. The van der Waals surface area contributed by atoms with Crippen molar-refractivity contribution in [1.82, 2.24) is 5.32 Å². The van der Waals surface area contributed by atoms with Crippen LogP contribution >= 0.6 is 0 Å². The van der Waals surface area contributed by atoms with E-state index in [0.717, 1.165) is 0 Å². The molecule has 0 aliphatic carbocycles. The first-order chi connectivity index (χ1) is 6.88. The number of carboxylic acid groups (broad SMARTS) is 1. The van der Waals surface area contributed by atoms with Crippen molar-refractivity contribution in [2.45, 2.75) is 45.8 Å². The van der Waals surface area contributed by atoms with Gasteiger partial charge in [-0.1, -0.05) is 20.8 Å². The fraction of sp³-hybridized carbons (Fsp3) is 0.800. The monoisotopic (exact) mass is 217 g/mol. The molecule has 3 N–H and O–H groups in total. The number of hydrogen-bond acceptors (Lipinski definition) is 3.